The van der Waals surface area contributed by atoms with Gasteiger partial charge in [-0.05, 0) is 50.3 Å². The summed E-state index contributed by atoms with van der Waals surface area (Å²) in [7, 11) is 1.70. The van der Waals surface area contributed by atoms with Crippen LogP contribution in [0.4, 0.5) is 0 Å². The van der Waals surface area contributed by atoms with Gasteiger partial charge >= 0.3 is 5.97 Å². The number of carbonyl (C=O) groups is 1. The zero-order chi connectivity index (χ0) is 15.2. The van der Waals surface area contributed by atoms with Gasteiger partial charge < -0.3 is 10.4 Å². The molecular formula is C14H19Cl2NO2S. The Morgan fingerprint density at radius 2 is 2.10 bits per heavy atom. The maximum Gasteiger partial charge on any atom is 0.323 e. The lowest BCUT2D eigenvalue weighted by atomic mass is 9.91. The predicted molar refractivity (Wildman–Crippen MR) is 86.1 cm³/mol. The van der Waals surface area contributed by atoms with Crippen molar-refractivity contribution in [3.05, 3.63) is 28.2 Å². The molecule has 0 heterocycles. The second-order valence-corrected chi connectivity index (χ2v) is 6.50. The Balaban J connectivity index is 2.48. The molecule has 1 aromatic carbocycles. The van der Waals surface area contributed by atoms with Crippen molar-refractivity contribution in [2.24, 2.45) is 0 Å². The minimum absolute atomic E-state index is 0.542. The SMILES string of the molecule is CCC(CCCSc1ccc(Cl)c(Cl)c1)(NC)C(=O)O. The fourth-order valence-electron chi connectivity index (χ4n) is 1.97. The van der Waals surface area contributed by atoms with Crippen LogP contribution in [0.15, 0.2) is 23.1 Å². The summed E-state index contributed by atoms with van der Waals surface area (Å²) in [5.74, 6) is 0.0522. The summed E-state index contributed by atoms with van der Waals surface area (Å²) in [6, 6.07) is 5.52. The highest BCUT2D eigenvalue weighted by molar-refractivity contribution is 7.99. The van der Waals surface area contributed by atoms with Crippen molar-refractivity contribution >= 4 is 40.9 Å². The first-order valence-electron chi connectivity index (χ1n) is 6.45. The second-order valence-electron chi connectivity index (χ2n) is 4.52. The first kappa shape index (κ1) is 17.6. The minimum atomic E-state index is -0.821. The molecule has 20 heavy (non-hydrogen) atoms. The molecule has 1 rings (SSSR count). The average Bonchev–Trinajstić information content (AvgIpc) is 2.43. The standard InChI is InChI=1S/C14H19Cl2NO2S/c1-3-14(17-2,13(18)19)7-4-8-20-10-5-6-11(15)12(16)9-10/h5-6,9,17H,3-4,7-8H2,1-2H3,(H,18,19). The van der Waals surface area contributed by atoms with Gasteiger partial charge in [0.1, 0.15) is 5.54 Å². The zero-order valence-corrected chi connectivity index (χ0v) is 13.9. The third kappa shape index (κ3) is 4.55. The fourth-order valence-corrected chi connectivity index (χ4v) is 3.23. The van der Waals surface area contributed by atoms with E-state index >= 15 is 0 Å². The molecule has 3 nitrogen and oxygen atoms in total. The number of carboxylic acids is 1. The molecule has 6 heteroatoms. The van der Waals surface area contributed by atoms with Crippen LogP contribution >= 0.6 is 35.0 Å². The molecule has 1 atom stereocenters. The van der Waals surface area contributed by atoms with Gasteiger partial charge in [0.2, 0.25) is 0 Å². The summed E-state index contributed by atoms with van der Waals surface area (Å²) in [5, 5.41) is 13.3. The van der Waals surface area contributed by atoms with E-state index in [2.05, 4.69) is 5.32 Å². The van der Waals surface area contributed by atoms with Crippen molar-refractivity contribution in [3.63, 3.8) is 0 Å². The van der Waals surface area contributed by atoms with Gasteiger partial charge in [-0.15, -0.1) is 11.8 Å². The van der Waals surface area contributed by atoms with E-state index in [4.69, 9.17) is 23.2 Å². The summed E-state index contributed by atoms with van der Waals surface area (Å²) >= 11 is 13.5. The number of hydrogen-bond acceptors (Lipinski definition) is 3. The molecule has 0 fully saturated rings. The van der Waals surface area contributed by atoms with Crippen LogP contribution in [0.3, 0.4) is 0 Å². The van der Waals surface area contributed by atoms with E-state index < -0.39 is 11.5 Å². The van der Waals surface area contributed by atoms with Gasteiger partial charge in [0.25, 0.3) is 0 Å². The number of aliphatic carboxylic acids is 1. The van der Waals surface area contributed by atoms with Crippen molar-refractivity contribution in [3.8, 4) is 0 Å². The summed E-state index contributed by atoms with van der Waals surface area (Å²) in [6.07, 6.45) is 1.98. The molecule has 0 bridgehead atoms. The van der Waals surface area contributed by atoms with Crippen molar-refractivity contribution < 1.29 is 9.90 Å². The van der Waals surface area contributed by atoms with Gasteiger partial charge in [-0.25, -0.2) is 0 Å². The predicted octanol–water partition coefficient (Wildman–Crippen LogP) is 4.32. The largest absolute Gasteiger partial charge is 0.480 e. The van der Waals surface area contributed by atoms with Gasteiger partial charge in [-0.1, -0.05) is 30.1 Å². The maximum absolute atomic E-state index is 11.3. The van der Waals surface area contributed by atoms with Crippen molar-refractivity contribution in [1.82, 2.24) is 5.32 Å². The molecule has 1 unspecified atom stereocenters. The van der Waals surface area contributed by atoms with Crippen LogP contribution in [0.25, 0.3) is 0 Å². The number of hydrogen-bond donors (Lipinski definition) is 2. The Labute approximate surface area is 134 Å². The van der Waals surface area contributed by atoms with E-state index in [1.807, 2.05) is 19.1 Å². The summed E-state index contributed by atoms with van der Waals surface area (Å²) in [6.45, 7) is 1.89. The van der Waals surface area contributed by atoms with E-state index in [-0.39, 0.29) is 0 Å². The number of nitrogens with one attached hydrogen (secondary N) is 1. The molecule has 0 saturated heterocycles. The molecule has 0 radical (unpaired) electrons. The molecule has 0 saturated carbocycles. The van der Waals surface area contributed by atoms with Crippen molar-refractivity contribution in [1.29, 1.82) is 0 Å². The minimum Gasteiger partial charge on any atom is -0.480 e. The third-order valence-corrected chi connectivity index (χ3v) is 5.22. The molecule has 112 valence electrons. The van der Waals surface area contributed by atoms with Gasteiger partial charge in [-0.2, -0.15) is 0 Å². The number of likely N-dealkylation sites (N-methyl/N-ethyl adjacent to an activating group) is 1. The molecule has 1 aromatic rings. The Hall–Kier alpha value is -0.420. The van der Waals surface area contributed by atoms with E-state index in [0.29, 0.717) is 22.9 Å². The highest BCUT2D eigenvalue weighted by atomic mass is 35.5. The van der Waals surface area contributed by atoms with Gasteiger partial charge in [0.05, 0.1) is 10.0 Å². The topological polar surface area (TPSA) is 49.3 Å². The van der Waals surface area contributed by atoms with Crippen LogP contribution in [0.2, 0.25) is 10.0 Å². The fraction of sp³-hybridized carbons (Fsp3) is 0.500. The van der Waals surface area contributed by atoms with Crippen molar-refractivity contribution in [2.45, 2.75) is 36.6 Å². The summed E-state index contributed by atoms with van der Waals surface area (Å²) in [5.41, 5.74) is -0.821. The molecular weight excluding hydrogens is 317 g/mol. The monoisotopic (exact) mass is 335 g/mol. The smallest absolute Gasteiger partial charge is 0.323 e. The Kier molecular flexibility index (Phi) is 7.17. The first-order valence-corrected chi connectivity index (χ1v) is 8.19. The molecule has 0 aliphatic rings. The highest BCUT2D eigenvalue weighted by Crippen LogP contribution is 2.29. The number of carboxylic acid groups (broad SMARTS) is 1. The van der Waals surface area contributed by atoms with Gasteiger partial charge in [0, 0.05) is 4.90 Å². The quantitative estimate of drug-likeness (QED) is 0.548. The van der Waals surface area contributed by atoms with E-state index in [9.17, 15) is 9.90 Å². The number of rotatable bonds is 8. The first-order chi connectivity index (χ1) is 9.45. The van der Waals surface area contributed by atoms with Gasteiger partial charge in [-0.3, -0.25) is 4.79 Å². The zero-order valence-electron chi connectivity index (χ0n) is 11.6. The number of halogens is 2. The molecule has 0 spiro atoms. The Morgan fingerprint density at radius 3 is 2.60 bits per heavy atom. The molecule has 2 N–H and O–H groups in total. The molecule has 0 aromatic heterocycles. The molecule has 0 aliphatic carbocycles. The number of thioether (sulfide) groups is 1. The van der Waals surface area contributed by atoms with E-state index in [0.717, 1.165) is 17.1 Å². The second kappa shape index (κ2) is 8.13. The highest BCUT2D eigenvalue weighted by Gasteiger charge is 2.33. The van der Waals surface area contributed by atoms with E-state index in [1.165, 1.54) is 0 Å². The summed E-state index contributed by atoms with van der Waals surface area (Å²) < 4.78 is 0. The van der Waals surface area contributed by atoms with Crippen molar-refractivity contribution in [2.75, 3.05) is 12.8 Å². The number of benzene rings is 1. The Morgan fingerprint density at radius 1 is 1.40 bits per heavy atom. The van der Waals surface area contributed by atoms with Gasteiger partial charge in [0.15, 0.2) is 0 Å². The van der Waals surface area contributed by atoms with Crippen LogP contribution in [-0.2, 0) is 4.79 Å². The lowest BCUT2D eigenvalue weighted by molar-refractivity contribution is -0.145. The Bertz CT molecular complexity index is 464. The normalized spacial score (nSPS) is 14.0. The van der Waals surface area contributed by atoms with Crippen LogP contribution in [0.5, 0.6) is 0 Å². The van der Waals surface area contributed by atoms with Crippen LogP contribution in [-0.4, -0.2) is 29.4 Å². The lowest BCUT2D eigenvalue weighted by Gasteiger charge is -2.27. The molecule has 0 amide bonds. The van der Waals surface area contributed by atoms with Crippen LogP contribution < -0.4 is 5.32 Å². The summed E-state index contributed by atoms with van der Waals surface area (Å²) in [4.78, 5) is 12.4. The molecule has 0 aliphatic heterocycles. The maximum atomic E-state index is 11.3. The van der Waals surface area contributed by atoms with Crippen LogP contribution in [0, 0.1) is 0 Å². The van der Waals surface area contributed by atoms with E-state index in [1.54, 1.807) is 24.9 Å². The van der Waals surface area contributed by atoms with Crippen LogP contribution in [0.1, 0.15) is 26.2 Å². The lowest BCUT2D eigenvalue weighted by Crippen LogP contribution is -2.49. The average molecular weight is 336 g/mol. The third-order valence-electron chi connectivity index (χ3n) is 3.40.